The molecule has 3 rings (SSSR count). The van der Waals surface area contributed by atoms with Crippen molar-refractivity contribution in [3.8, 4) is 0 Å². The topological polar surface area (TPSA) is 71.3 Å². The second-order valence-corrected chi connectivity index (χ2v) is 5.66. The second-order valence-electron chi connectivity index (χ2n) is 5.66. The molecule has 0 spiro atoms. The summed E-state index contributed by atoms with van der Waals surface area (Å²) in [5, 5.41) is 7.88. The van der Waals surface area contributed by atoms with Crippen molar-refractivity contribution in [3.63, 3.8) is 0 Å². The van der Waals surface area contributed by atoms with Gasteiger partial charge in [-0.1, -0.05) is 5.16 Å². The maximum atomic E-state index is 12.6. The highest BCUT2D eigenvalue weighted by atomic mass is 35.5. The lowest BCUT2D eigenvalue weighted by Gasteiger charge is -2.32. The minimum absolute atomic E-state index is 0. The highest BCUT2D eigenvalue weighted by molar-refractivity contribution is 5.97. The highest BCUT2D eigenvalue weighted by Crippen LogP contribution is 2.21. The largest absolute Gasteiger partial charge is 0.338 e. The molecule has 2 aromatic rings. The van der Waals surface area contributed by atoms with Crippen LogP contribution in [-0.4, -0.2) is 47.6 Å². The van der Waals surface area contributed by atoms with Gasteiger partial charge in [-0.2, -0.15) is 0 Å². The number of aryl methyl sites for hydroxylation is 1. The number of carbonyl (C=O) groups is 1. The molecule has 6 nitrogen and oxygen atoms in total. The number of nitrogens with zero attached hydrogens (tertiary/aromatic N) is 3. The molecule has 0 aliphatic carbocycles. The van der Waals surface area contributed by atoms with Gasteiger partial charge >= 0.3 is 0 Å². The first-order chi connectivity index (χ1) is 10.2. The Morgan fingerprint density at radius 2 is 2.36 bits per heavy atom. The van der Waals surface area contributed by atoms with Gasteiger partial charge in [-0.3, -0.25) is 4.79 Å². The SMILES string of the molecule is CNCC1CCCN(C(=O)c2cnc3onc(C)c3c2)C1.Cl. The number of hydrogen-bond acceptors (Lipinski definition) is 5. The fourth-order valence-corrected chi connectivity index (χ4v) is 2.95. The van der Waals surface area contributed by atoms with Gasteiger partial charge in [0.05, 0.1) is 16.6 Å². The van der Waals surface area contributed by atoms with E-state index >= 15 is 0 Å². The molecule has 1 N–H and O–H groups in total. The minimum Gasteiger partial charge on any atom is -0.338 e. The third-order valence-corrected chi connectivity index (χ3v) is 4.06. The van der Waals surface area contributed by atoms with Gasteiger partial charge in [0, 0.05) is 19.3 Å². The number of pyridine rings is 1. The van der Waals surface area contributed by atoms with Gasteiger partial charge < -0.3 is 14.7 Å². The molecule has 1 saturated heterocycles. The third kappa shape index (κ3) is 3.23. The molecule has 1 atom stereocenters. The fourth-order valence-electron chi connectivity index (χ4n) is 2.95. The van der Waals surface area contributed by atoms with Crippen LogP contribution in [0.3, 0.4) is 0 Å². The number of carbonyl (C=O) groups excluding carboxylic acids is 1. The first-order valence-electron chi connectivity index (χ1n) is 7.35. The minimum atomic E-state index is 0. The van der Waals surface area contributed by atoms with E-state index in [1.807, 2.05) is 24.9 Å². The molecule has 1 fully saturated rings. The van der Waals surface area contributed by atoms with Crippen molar-refractivity contribution in [3.05, 3.63) is 23.5 Å². The summed E-state index contributed by atoms with van der Waals surface area (Å²) < 4.78 is 5.08. The number of likely N-dealkylation sites (tertiary alicyclic amines) is 1. The van der Waals surface area contributed by atoms with E-state index in [4.69, 9.17) is 4.52 Å². The Morgan fingerprint density at radius 3 is 3.14 bits per heavy atom. The Labute approximate surface area is 135 Å². The number of amides is 1. The van der Waals surface area contributed by atoms with E-state index in [0.29, 0.717) is 17.2 Å². The molecule has 1 amide bonds. The average Bonchev–Trinajstić information content (AvgIpc) is 2.88. The van der Waals surface area contributed by atoms with E-state index < -0.39 is 0 Å². The van der Waals surface area contributed by atoms with Crippen molar-refractivity contribution in [1.29, 1.82) is 0 Å². The lowest BCUT2D eigenvalue weighted by atomic mass is 9.97. The molecule has 1 aliphatic rings. The number of piperidine rings is 1. The smallest absolute Gasteiger partial charge is 0.257 e. The molecule has 0 radical (unpaired) electrons. The molecule has 22 heavy (non-hydrogen) atoms. The van der Waals surface area contributed by atoms with E-state index in [-0.39, 0.29) is 18.3 Å². The number of halogens is 1. The Balaban J connectivity index is 0.00000176. The zero-order valence-electron chi connectivity index (χ0n) is 12.8. The van der Waals surface area contributed by atoms with Crippen molar-refractivity contribution in [1.82, 2.24) is 20.4 Å². The quantitative estimate of drug-likeness (QED) is 0.935. The lowest BCUT2D eigenvalue weighted by molar-refractivity contribution is 0.0674. The molecule has 0 aromatic carbocycles. The summed E-state index contributed by atoms with van der Waals surface area (Å²) in [5.41, 5.74) is 1.86. The summed E-state index contributed by atoms with van der Waals surface area (Å²) in [4.78, 5) is 18.8. The van der Waals surface area contributed by atoms with E-state index in [1.54, 1.807) is 6.20 Å². The van der Waals surface area contributed by atoms with Crippen LogP contribution >= 0.6 is 12.4 Å². The molecule has 120 valence electrons. The number of hydrogen-bond donors (Lipinski definition) is 1. The first-order valence-corrected chi connectivity index (χ1v) is 7.35. The van der Waals surface area contributed by atoms with Crippen LogP contribution < -0.4 is 5.32 Å². The predicted octanol–water partition coefficient (Wildman–Crippen LogP) is 2.02. The number of aromatic nitrogens is 2. The van der Waals surface area contributed by atoms with Crippen molar-refractivity contribution in [2.75, 3.05) is 26.7 Å². The Morgan fingerprint density at radius 1 is 1.55 bits per heavy atom. The molecule has 1 aliphatic heterocycles. The lowest BCUT2D eigenvalue weighted by Crippen LogP contribution is -2.42. The summed E-state index contributed by atoms with van der Waals surface area (Å²) in [7, 11) is 1.95. The maximum absolute atomic E-state index is 12.6. The van der Waals surface area contributed by atoms with Gasteiger partial charge in [0.1, 0.15) is 0 Å². The Hall–Kier alpha value is -1.66. The number of fused-ring (bicyclic) bond motifs is 1. The zero-order valence-corrected chi connectivity index (χ0v) is 13.7. The highest BCUT2D eigenvalue weighted by Gasteiger charge is 2.24. The molecule has 1 unspecified atom stereocenters. The van der Waals surface area contributed by atoms with E-state index in [1.165, 1.54) is 6.42 Å². The van der Waals surface area contributed by atoms with Crippen LogP contribution in [-0.2, 0) is 0 Å². The summed E-state index contributed by atoms with van der Waals surface area (Å²) >= 11 is 0. The van der Waals surface area contributed by atoms with Crippen molar-refractivity contribution in [2.45, 2.75) is 19.8 Å². The molecular formula is C15H21ClN4O2. The van der Waals surface area contributed by atoms with Crippen LogP contribution in [0.2, 0.25) is 0 Å². The van der Waals surface area contributed by atoms with Crippen LogP contribution in [0.4, 0.5) is 0 Å². The maximum Gasteiger partial charge on any atom is 0.257 e. The predicted molar refractivity (Wildman–Crippen MR) is 86.3 cm³/mol. The monoisotopic (exact) mass is 324 g/mol. The van der Waals surface area contributed by atoms with Gasteiger partial charge in [-0.05, 0) is 45.3 Å². The standard InChI is InChI=1S/C15H20N4O2.ClH/c1-10-13-6-12(8-17-14(13)21-18-10)15(20)19-5-3-4-11(9-19)7-16-2;/h6,8,11,16H,3-5,7,9H2,1-2H3;1H. The molecule has 3 heterocycles. The van der Waals surface area contributed by atoms with Crippen molar-refractivity contribution in [2.24, 2.45) is 5.92 Å². The molecule has 2 aromatic heterocycles. The van der Waals surface area contributed by atoms with Gasteiger partial charge in [0.15, 0.2) is 0 Å². The third-order valence-electron chi connectivity index (χ3n) is 4.06. The average molecular weight is 325 g/mol. The van der Waals surface area contributed by atoms with Crippen molar-refractivity contribution >= 4 is 29.4 Å². The summed E-state index contributed by atoms with van der Waals surface area (Å²) in [6.07, 6.45) is 3.81. The zero-order chi connectivity index (χ0) is 14.8. The Kier molecular flexibility index (Phi) is 5.37. The molecule has 7 heteroatoms. The van der Waals surface area contributed by atoms with E-state index in [0.717, 1.165) is 37.1 Å². The summed E-state index contributed by atoms with van der Waals surface area (Å²) in [6.45, 7) is 4.43. The first kappa shape index (κ1) is 16.7. The molecule has 0 saturated carbocycles. The van der Waals surface area contributed by atoms with Gasteiger partial charge in [0.2, 0.25) is 0 Å². The van der Waals surface area contributed by atoms with Crippen LogP contribution in [0, 0.1) is 12.8 Å². The molecular weight excluding hydrogens is 304 g/mol. The van der Waals surface area contributed by atoms with Crippen LogP contribution in [0.15, 0.2) is 16.8 Å². The summed E-state index contributed by atoms with van der Waals surface area (Å²) in [6, 6.07) is 1.83. The second kappa shape index (κ2) is 7.07. The number of nitrogens with one attached hydrogen (secondary N) is 1. The number of rotatable bonds is 3. The van der Waals surface area contributed by atoms with Crippen LogP contribution in [0.25, 0.3) is 11.1 Å². The van der Waals surface area contributed by atoms with Crippen LogP contribution in [0.5, 0.6) is 0 Å². The van der Waals surface area contributed by atoms with Crippen LogP contribution in [0.1, 0.15) is 28.9 Å². The van der Waals surface area contributed by atoms with E-state index in [9.17, 15) is 4.79 Å². The fraction of sp³-hybridized carbons (Fsp3) is 0.533. The van der Waals surface area contributed by atoms with Gasteiger partial charge in [-0.25, -0.2) is 4.98 Å². The normalized spacial score (nSPS) is 18.3. The van der Waals surface area contributed by atoms with Gasteiger partial charge in [0.25, 0.3) is 11.6 Å². The van der Waals surface area contributed by atoms with Crippen molar-refractivity contribution < 1.29 is 9.32 Å². The summed E-state index contributed by atoms with van der Waals surface area (Å²) in [5.74, 6) is 0.576. The van der Waals surface area contributed by atoms with Gasteiger partial charge in [-0.15, -0.1) is 12.4 Å². The Bertz CT molecular complexity index is 656. The van der Waals surface area contributed by atoms with E-state index in [2.05, 4.69) is 15.5 Å². The molecule has 0 bridgehead atoms.